The van der Waals surface area contributed by atoms with E-state index < -0.39 is 5.60 Å². The minimum absolute atomic E-state index is 0.169. The van der Waals surface area contributed by atoms with Gasteiger partial charge in [-0.25, -0.2) is 9.78 Å². The van der Waals surface area contributed by atoms with E-state index in [4.69, 9.17) is 21.1 Å². The molecule has 0 spiro atoms. The van der Waals surface area contributed by atoms with E-state index in [1.54, 1.807) is 0 Å². The number of hydrogen-bond acceptors (Lipinski definition) is 5. The van der Waals surface area contributed by atoms with Crippen molar-refractivity contribution < 1.29 is 14.3 Å². The van der Waals surface area contributed by atoms with Crippen LogP contribution < -0.4 is 4.74 Å². The predicted octanol–water partition coefficient (Wildman–Crippen LogP) is 7.54. The minimum Gasteiger partial charge on any atom is -0.492 e. The fraction of sp³-hybridized carbons (Fsp3) is 0.444. The molecule has 3 aromatic rings. The molecule has 0 aliphatic carbocycles. The number of carbonyl (C=O) groups is 1. The van der Waals surface area contributed by atoms with Crippen molar-refractivity contribution in [1.82, 2.24) is 14.8 Å². The van der Waals surface area contributed by atoms with E-state index >= 15 is 0 Å². The van der Waals surface area contributed by atoms with Gasteiger partial charge >= 0.3 is 6.09 Å². The Kier molecular flexibility index (Phi) is 10.3. The monoisotopic (exact) mass is 599 g/mol. The molecule has 2 fully saturated rings. The Morgan fingerprint density at radius 1 is 0.860 bits per heavy atom. The standard InChI is InChI=1S/C36H42ClN3O3/c1-36(2,3)43-35(41)40-22-18-30(19-23-40)29-16-20-39(21-17-29)24-25-42-34-14-5-27(6-15-34)4-12-33-13-9-31(26-38-33)28-7-10-32(37)11-8-28/h5-11,13-15,26,29-30H,16-25H2,1-3H3. The van der Waals surface area contributed by atoms with Gasteiger partial charge in [-0.3, -0.25) is 4.90 Å². The molecule has 0 bridgehead atoms. The van der Waals surface area contributed by atoms with Gasteiger partial charge in [-0.15, -0.1) is 0 Å². The molecule has 2 aliphatic heterocycles. The summed E-state index contributed by atoms with van der Waals surface area (Å²) >= 11 is 5.98. The maximum Gasteiger partial charge on any atom is 0.410 e. The highest BCUT2D eigenvalue weighted by Crippen LogP contribution is 2.33. The molecule has 0 atom stereocenters. The lowest BCUT2D eigenvalue weighted by Gasteiger charge is -2.40. The number of amides is 1. The molecule has 1 aromatic heterocycles. The fourth-order valence-electron chi connectivity index (χ4n) is 5.87. The zero-order chi connectivity index (χ0) is 30.2. The van der Waals surface area contributed by atoms with E-state index in [2.05, 4.69) is 21.7 Å². The first-order valence-electron chi connectivity index (χ1n) is 15.4. The van der Waals surface area contributed by atoms with Crippen molar-refractivity contribution in [3.05, 3.63) is 83.1 Å². The van der Waals surface area contributed by atoms with Crippen molar-refractivity contribution >= 4 is 17.7 Å². The molecule has 3 heterocycles. The number of rotatable bonds is 6. The Hall–Kier alpha value is -3.53. The Morgan fingerprint density at radius 2 is 1.49 bits per heavy atom. The van der Waals surface area contributed by atoms with Gasteiger partial charge in [-0.2, -0.15) is 0 Å². The van der Waals surface area contributed by atoms with Crippen molar-refractivity contribution in [2.45, 2.75) is 52.1 Å². The van der Waals surface area contributed by atoms with Crippen LogP contribution in [0.2, 0.25) is 5.02 Å². The summed E-state index contributed by atoms with van der Waals surface area (Å²) in [7, 11) is 0. The molecule has 6 nitrogen and oxygen atoms in total. The van der Waals surface area contributed by atoms with E-state index in [1.165, 1.54) is 12.8 Å². The summed E-state index contributed by atoms with van der Waals surface area (Å²) in [5, 5.41) is 0.721. The fourth-order valence-corrected chi connectivity index (χ4v) is 6.00. The van der Waals surface area contributed by atoms with Gasteiger partial charge in [0.15, 0.2) is 0 Å². The van der Waals surface area contributed by atoms with Crippen LogP contribution in [0, 0.1) is 23.7 Å². The number of benzene rings is 2. The van der Waals surface area contributed by atoms with Gasteiger partial charge in [-0.1, -0.05) is 35.7 Å². The average Bonchev–Trinajstić information content (AvgIpc) is 3.01. The summed E-state index contributed by atoms with van der Waals surface area (Å²) in [4.78, 5) is 21.3. The Morgan fingerprint density at radius 3 is 2.09 bits per heavy atom. The Bertz CT molecular complexity index is 1390. The first-order valence-corrected chi connectivity index (χ1v) is 15.8. The zero-order valence-electron chi connectivity index (χ0n) is 25.5. The SMILES string of the molecule is CC(C)(C)OC(=O)N1CCC(C2CCN(CCOc3ccc(C#Cc4ccc(-c5ccc(Cl)cc5)cn4)cc3)CC2)CC1. The maximum atomic E-state index is 12.4. The molecular weight excluding hydrogens is 558 g/mol. The summed E-state index contributed by atoms with van der Waals surface area (Å²) in [5.41, 5.74) is 3.33. The van der Waals surface area contributed by atoms with Crippen LogP contribution in [-0.2, 0) is 4.74 Å². The van der Waals surface area contributed by atoms with Crippen LogP contribution >= 0.6 is 11.6 Å². The molecule has 0 saturated carbocycles. The van der Waals surface area contributed by atoms with Gasteiger partial charge in [0.1, 0.15) is 23.7 Å². The van der Waals surface area contributed by atoms with Gasteiger partial charge in [0, 0.05) is 42.0 Å². The third kappa shape index (κ3) is 9.23. The molecule has 43 heavy (non-hydrogen) atoms. The molecule has 2 aliphatic rings. The second-order valence-electron chi connectivity index (χ2n) is 12.5. The summed E-state index contributed by atoms with van der Waals surface area (Å²) < 4.78 is 11.6. The van der Waals surface area contributed by atoms with Crippen molar-refractivity contribution in [2.24, 2.45) is 11.8 Å². The van der Waals surface area contributed by atoms with Gasteiger partial charge in [0.05, 0.1) is 0 Å². The topological polar surface area (TPSA) is 54.9 Å². The number of halogens is 1. The number of carbonyl (C=O) groups excluding carboxylic acids is 1. The van der Waals surface area contributed by atoms with Crippen molar-refractivity contribution in [3.8, 4) is 28.7 Å². The van der Waals surface area contributed by atoms with E-state index in [9.17, 15) is 4.79 Å². The van der Waals surface area contributed by atoms with Gasteiger partial charge in [0.2, 0.25) is 0 Å². The lowest BCUT2D eigenvalue weighted by molar-refractivity contribution is 0.0134. The smallest absolute Gasteiger partial charge is 0.410 e. The zero-order valence-corrected chi connectivity index (χ0v) is 26.3. The largest absolute Gasteiger partial charge is 0.492 e. The van der Waals surface area contributed by atoms with E-state index in [1.807, 2.05) is 92.5 Å². The molecule has 226 valence electrons. The lowest BCUT2D eigenvalue weighted by Crippen LogP contribution is -2.44. The molecule has 2 aromatic carbocycles. The van der Waals surface area contributed by atoms with Gasteiger partial charge in [0.25, 0.3) is 0 Å². The Labute approximate surface area is 261 Å². The number of pyridine rings is 1. The highest BCUT2D eigenvalue weighted by atomic mass is 35.5. The molecule has 0 radical (unpaired) electrons. The highest BCUT2D eigenvalue weighted by Gasteiger charge is 2.32. The van der Waals surface area contributed by atoms with Crippen LogP contribution in [0.25, 0.3) is 11.1 Å². The highest BCUT2D eigenvalue weighted by molar-refractivity contribution is 6.30. The van der Waals surface area contributed by atoms with Crippen LogP contribution in [-0.4, -0.2) is 65.8 Å². The average molecular weight is 600 g/mol. The molecule has 1 amide bonds. The summed E-state index contributed by atoms with van der Waals surface area (Å²) in [6, 6.07) is 19.6. The van der Waals surface area contributed by atoms with Crippen molar-refractivity contribution in [1.29, 1.82) is 0 Å². The summed E-state index contributed by atoms with van der Waals surface area (Å²) in [6.45, 7) is 11.2. The second-order valence-corrected chi connectivity index (χ2v) is 13.0. The van der Waals surface area contributed by atoms with E-state index in [0.29, 0.717) is 12.5 Å². The molecule has 7 heteroatoms. The van der Waals surface area contributed by atoms with Crippen molar-refractivity contribution in [2.75, 3.05) is 39.3 Å². The molecule has 0 unspecified atom stereocenters. The third-order valence-corrected chi connectivity index (χ3v) is 8.55. The minimum atomic E-state index is -0.436. The van der Waals surface area contributed by atoms with Crippen molar-refractivity contribution in [3.63, 3.8) is 0 Å². The number of aromatic nitrogens is 1. The first kappa shape index (κ1) is 30.9. The van der Waals surface area contributed by atoms with Crippen LogP contribution in [0.5, 0.6) is 5.75 Å². The first-order chi connectivity index (χ1) is 20.7. The van der Waals surface area contributed by atoms with Crippen LogP contribution in [0.4, 0.5) is 4.79 Å². The van der Waals surface area contributed by atoms with E-state index in [-0.39, 0.29) is 6.09 Å². The lowest BCUT2D eigenvalue weighted by atomic mass is 9.79. The van der Waals surface area contributed by atoms with E-state index in [0.717, 1.165) is 84.6 Å². The Balaban J connectivity index is 0.997. The summed E-state index contributed by atoms with van der Waals surface area (Å²) in [5.74, 6) is 8.66. The normalized spacial score (nSPS) is 16.8. The number of likely N-dealkylation sites (tertiary alicyclic amines) is 2. The van der Waals surface area contributed by atoms with Crippen LogP contribution in [0.15, 0.2) is 66.9 Å². The number of nitrogens with zero attached hydrogens (tertiary/aromatic N) is 3. The predicted molar refractivity (Wildman–Crippen MR) is 172 cm³/mol. The molecule has 2 saturated heterocycles. The third-order valence-electron chi connectivity index (χ3n) is 8.30. The number of hydrogen-bond donors (Lipinski definition) is 0. The molecule has 0 N–H and O–H groups in total. The second kappa shape index (κ2) is 14.3. The van der Waals surface area contributed by atoms with Crippen LogP contribution in [0.1, 0.15) is 57.7 Å². The number of ether oxygens (including phenoxy) is 2. The van der Waals surface area contributed by atoms with Crippen LogP contribution in [0.3, 0.4) is 0 Å². The van der Waals surface area contributed by atoms with Gasteiger partial charge in [-0.05, 0) is 125 Å². The molecular formula is C36H42ClN3O3. The summed E-state index contributed by atoms with van der Waals surface area (Å²) in [6.07, 6.45) is 6.29. The van der Waals surface area contributed by atoms with Gasteiger partial charge < -0.3 is 14.4 Å². The number of piperidine rings is 2. The quantitative estimate of drug-likeness (QED) is 0.274. The molecule has 5 rings (SSSR count). The maximum absolute atomic E-state index is 12.4.